The second-order valence-corrected chi connectivity index (χ2v) is 5.74. The highest BCUT2D eigenvalue weighted by Gasteiger charge is 2.25. The van der Waals surface area contributed by atoms with E-state index in [9.17, 15) is 14.4 Å². The summed E-state index contributed by atoms with van der Waals surface area (Å²) in [6, 6.07) is 18.4. The first-order valence-electron chi connectivity index (χ1n) is 9.03. The van der Waals surface area contributed by atoms with Crippen LogP contribution in [0.25, 0.3) is 0 Å². The van der Waals surface area contributed by atoms with Crippen molar-refractivity contribution >= 4 is 23.5 Å². The molecule has 0 aliphatic rings. The van der Waals surface area contributed by atoms with E-state index >= 15 is 0 Å². The summed E-state index contributed by atoms with van der Waals surface area (Å²) in [5.74, 6) is -2.30. The Morgan fingerprint density at radius 1 is 0.821 bits per heavy atom. The zero-order valence-corrected chi connectivity index (χ0v) is 16.0. The van der Waals surface area contributed by atoms with Crippen molar-refractivity contribution in [1.82, 2.24) is 0 Å². The maximum Gasteiger partial charge on any atom is 0.345 e. The zero-order chi connectivity index (χ0) is 20.4. The number of amides is 1. The number of hydrogen-bond acceptors (Lipinski definition) is 5. The number of carbonyl (C=O) groups is 3. The van der Waals surface area contributed by atoms with Gasteiger partial charge in [-0.05, 0) is 31.5 Å². The molecule has 6 nitrogen and oxygen atoms in total. The largest absolute Gasteiger partial charge is 0.462 e. The Morgan fingerprint density at radius 3 is 1.82 bits per heavy atom. The molecule has 0 N–H and O–H groups in total. The minimum atomic E-state index is -0.887. The highest BCUT2D eigenvalue weighted by atomic mass is 16.6. The predicted octanol–water partition coefficient (Wildman–Crippen LogP) is 3.27. The summed E-state index contributed by atoms with van der Waals surface area (Å²) >= 11 is 0. The SMILES string of the molecule is CCOC(=O)C(=CC(=O)N(Cc1ccccc1)c1ccccc1)C(=O)OCC. The summed E-state index contributed by atoms with van der Waals surface area (Å²) < 4.78 is 9.79. The number of nitrogens with zero attached hydrogens (tertiary/aromatic N) is 1. The number of rotatable bonds is 8. The van der Waals surface area contributed by atoms with Gasteiger partial charge in [0.05, 0.1) is 19.8 Å². The fourth-order valence-electron chi connectivity index (χ4n) is 2.49. The molecule has 0 aliphatic heterocycles. The fourth-order valence-corrected chi connectivity index (χ4v) is 2.49. The van der Waals surface area contributed by atoms with Gasteiger partial charge >= 0.3 is 11.9 Å². The summed E-state index contributed by atoms with van der Waals surface area (Å²) in [6.45, 7) is 3.67. The van der Waals surface area contributed by atoms with Crippen molar-refractivity contribution in [3.63, 3.8) is 0 Å². The minimum Gasteiger partial charge on any atom is -0.462 e. The van der Waals surface area contributed by atoms with Gasteiger partial charge in [0.1, 0.15) is 5.57 Å². The first-order valence-corrected chi connectivity index (χ1v) is 9.03. The van der Waals surface area contributed by atoms with Crippen molar-refractivity contribution in [2.24, 2.45) is 0 Å². The normalized spacial score (nSPS) is 9.93. The summed E-state index contributed by atoms with van der Waals surface area (Å²) in [4.78, 5) is 38.8. The number of ether oxygens (including phenoxy) is 2. The van der Waals surface area contributed by atoms with Crippen LogP contribution >= 0.6 is 0 Å². The van der Waals surface area contributed by atoms with E-state index in [-0.39, 0.29) is 19.8 Å². The zero-order valence-electron chi connectivity index (χ0n) is 16.0. The Morgan fingerprint density at radius 2 is 1.32 bits per heavy atom. The van der Waals surface area contributed by atoms with Gasteiger partial charge in [0, 0.05) is 11.8 Å². The molecule has 0 spiro atoms. The Labute approximate surface area is 164 Å². The molecule has 0 saturated carbocycles. The molecular formula is C22H23NO5. The van der Waals surface area contributed by atoms with Gasteiger partial charge in [-0.3, -0.25) is 4.79 Å². The average molecular weight is 381 g/mol. The van der Waals surface area contributed by atoms with Crippen molar-refractivity contribution in [1.29, 1.82) is 0 Å². The van der Waals surface area contributed by atoms with Gasteiger partial charge in [-0.2, -0.15) is 0 Å². The third-order valence-electron chi connectivity index (χ3n) is 3.78. The number of esters is 2. The van der Waals surface area contributed by atoms with Crippen LogP contribution in [0.4, 0.5) is 5.69 Å². The highest BCUT2D eigenvalue weighted by molar-refractivity contribution is 6.19. The van der Waals surface area contributed by atoms with Gasteiger partial charge in [-0.1, -0.05) is 48.5 Å². The van der Waals surface area contributed by atoms with Crippen molar-refractivity contribution < 1.29 is 23.9 Å². The standard InChI is InChI=1S/C22H23NO5/c1-3-27-21(25)19(22(26)28-4-2)15-20(24)23(18-13-9-6-10-14-18)16-17-11-7-5-8-12-17/h5-15H,3-4,16H2,1-2H3. The monoisotopic (exact) mass is 381 g/mol. The lowest BCUT2D eigenvalue weighted by Gasteiger charge is -2.22. The van der Waals surface area contributed by atoms with Crippen LogP contribution in [0.1, 0.15) is 19.4 Å². The van der Waals surface area contributed by atoms with Gasteiger partial charge in [0.2, 0.25) is 0 Å². The lowest BCUT2D eigenvalue weighted by Crippen LogP contribution is -2.30. The second kappa shape index (κ2) is 10.7. The first-order chi connectivity index (χ1) is 13.6. The van der Waals surface area contributed by atoms with Gasteiger partial charge in [-0.25, -0.2) is 9.59 Å². The van der Waals surface area contributed by atoms with Crippen LogP contribution in [-0.2, 0) is 30.4 Å². The van der Waals surface area contributed by atoms with E-state index in [1.807, 2.05) is 48.5 Å². The van der Waals surface area contributed by atoms with Crippen molar-refractivity contribution in [2.45, 2.75) is 20.4 Å². The molecule has 0 heterocycles. The lowest BCUT2D eigenvalue weighted by atomic mass is 10.1. The molecule has 2 aromatic rings. The topological polar surface area (TPSA) is 72.9 Å². The number of hydrogen-bond donors (Lipinski definition) is 0. The van der Waals surface area contributed by atoms with Gasteiger partial charge < -0.3 is 14.4 Å². The molecule has 0 radical (unpaired) electrons. The van der Waals surface area contributed by atoms with E-state index in [0.717, 1.165) is 11.6 Å². The van der Waals surface area contributed by atoms with E-state index in [2.05, 4.69) is 0 Å². The van der Waals surface area contributed by atoms with Crippen LogP contribution in [0.3, 0.4) is 0 Å². The Hall–Kier alpha value is -3.41. The van der Waals surface area contributed by atoms with E-state index < -0.39 is 23.4 Å². The molecule has 0 atom stereocenters. The van der Waals surface area contributed by atoms with E-state index in [0.29, 0.717) is 5.69 Å². The second-order valence-electron chi connectivity index (χ2n) is 5.74. The summed E-state index contributed by atoms with van der Waals surface area (Å²) in [7, 11) is 0. The summed E-state index contributed by atoms with van der Waals surface area (Å²) in [5.41, 5.74) is 1.12. The number of benzene rings is 2. The predicted molar refractivity (Wildman–Crippen MR) is 105 cm³/mol. The van der Waals surface area contributed by atoms with Gasteiger partial charge in [0.15, 0.2) is 0 Å². The summed E-state index contributed by atoms with van der Waals surface area (Å²) in [6.07, 6.45) is 0.978. The van der Waals surface area contributed by atoms with Gasteiger partial charge in [-0.15, -0.1) is 0 Å². The quantitative estimate of drug-likeness (QED) is 0.304. The molecule has 0 fully saturated rings. The first kappa shape index (κ1) is 20.9. The van der Waals surface area contributed by atoms with Crippen LogP contribution < -0.4 is 4.90 Å². The van der Waals surface area contributed by atoms with Crippen molar-refractivity contribution in [3.05, 3.63) is 77.9 Å². The highest BCUT2D eigenvalue weighted by Crippen LogP contribution is 2.18. The third-order valence-corrected chi connectivity index (χ3v) is 3.78. The Balaban J connectivity index is 2.39. The molecule has 2 rings (SSSR count). The molecule has 6 heteroatoms. The van der Waals surface area contributed by atoms with Crippen LogP contribution in [0.5, 0.6) is 0 Å². The molecule has 146 valence electrons. The molecular weight excluding hydrogens is 358 g/mol. The molecule has 1 amide bonds. The Kier molecular flexibility index (Phi) is 7.96. The van der Waals surface area contributed by atoms with E-state index in [1.54, 1.807) is 26.0 Å². The van der Waals surface area contributed by atoms with Gasteiger partial charge in [0.25, 0.3) is 5.91 Å². The fraction of sp³-hybridized carbons (Fsp3) is 0.227. The Bertz CT molecular complexity index is 811. The van der Waals surface area contributed by atoms with Crippen molar-refractivity contribution in [2.75, 3.05) is 18.1 Å². The van der Waals surface area contributed by atoms with Crippen molar-refractivity contribution in [3.8, 4) is 0 Å². The minimum absolute atomic E-state index is 0.0795. The van der Waals surface area contributed by atoms with Crippen LogP contribution in [-0.4, -0.2) is 31.1 Å². The maximum absolute atomic E-state index is 13.0. The third kappa shape index (κ3) is 5.81. The van der Waals surface area contributed by atoms with E-state index in [1.165, 1.54) is 4.90 Å². The molecule has 0 unspecified atom stereocenters. The maximum atomic E-state index is 13.0. The van der Waals surface area contributed by atoms with E-state index in [4.69, 9.17) is 9.47 Å². The molecule has 0 aliphatic carbocycles. The molecule has 0 saturated heterocycles. The summed E-state index contributed by atoms with van der Waals surface area (Å²) in [5, 5.41) is 0. The van der Waals surface area contributed by atoms with Crippen LogP contribution in [0.15, 0.2) is 72.3 Å². The molecule has 2 aromatic carbocycles. The number of para-hydroxylation sites is 1. The average Bonchev–Trinajstić information content (AvgIpc) is 2.71. The number of carbonyl (C=O) groups excluding carboxylic acids is 3. The smallest absolute Gasteiger partial charge is 0.345 e. The van der Waals surface area contributed by atoms with Crippen LogP contribution in [0, 0.1) is 0 Å². The number of anilines is 1. The van der Waals surface area contributed by atoms with Crippen LogP contribution in [0.2, 0.25) is 0 Å². The molecule has 0 bridgehead atoms. The molecule has 0 aromatic heterocycles. The molecule has 28 heavy (non-hydrogen) atoms. The lowest BCUT2D eigenvalue weighted by molar-refractivity contribution is -0.146.